The predicted molar refractivity (Wildman–Crippen MR) is 91.8 cm³/mol. The average Bonchev–Trinajstić information content (AvgIpc) is 2.37. The molecule has 0 amide bonds. The van der Waals surface area contributed by atoms with Crippen molar-refractivity contribution in [2.75, 3.05) is 30.7 Å². The van der Waals surface area contributed by atoms with Gasteiger partial charge in [0.05, 0.1) is 0 Å². The van der Waals surface area contributed by atoms with E-state index in [0.29, 0.717) is 5.92 Å². The highest BCUT2D eigenvalue weighted by Crippen LogP contribution is 2.27. The third-order valence-electron chi connectivity index (χ3n) is 3.30. The monoisotopic (exact) mass is 375 g/mol. The van der Waals surface area contributed by atoms with Gasteiger partial charge in [-0.25, -0.2) is 0 Å². The fourth-order valence-corrected chi connectivity index (χ4v) is 2.76. The minimum atomic E-state index is 0.507. The largest absolute Gasteiger partial charge is 0.492 e. The Bertz CT molecular complexity index is 379. The molecule has 2 nitrogen and oxygen atoms in total. The smallest absolute Gasteiger partial charge is 0.123 e. The lowest BCUT2D eigenvalue weighted by atomic mass is 10.0. The van der Waals surface area contributed by atoms with E-state index in [-0.39, 0.29) is 0 Å². The molecule has 0 spiro atoms. The quantitative estimate of drug-likeness (QED) is 0.498. The van der Waals surface area contributed by atoms with Gasteiger partial charge in [0.15, 0.2) is 0 Å². The van der Waals surface area contributed by atoms with Crippen LogP contribution in [0.1, 0.15) is 37.8 Å². The zero-order chi connectivity index (χ0) is 14.3. The molecule has 1 aromatic rings. The molecule has 0 bridgehead atoms. The highest BCUT2D eigenvalue weighted by atomic mass is 127. The molecule has 1 rings (SSSR count). The van der Waals surface area contributed by atoms with Crippen molar-refractivity contribution in [1.82, 2.24) is 4.90 Å². The van der Waals surface area contributed by atoms with Gasteiger partial charge in [-0.15, -0.1) is 0 Å². The third kappa shape index (κ3) is 5.69. The number of likely N-dealkylation sites (N-methyl/N-ethyl adjacent to an activating group) is 1. The SMILES string of the molecule is CCN(CCI)CCOc1cc(C)ccc1C(C)C. The van der Waals surface area contributed by atoms with E-state index >= 15 is 0 Å². The van der Waals surface area contributed by atoms with Gasteiger partial charge in [-0.05, 0) is 36.6 Å². The number of aryl methyl sites for hydroxylation is 1. The summed E-state index contributed by atoms with van der Waals surface area (Å²) in [7, 11) is 0. The Hall–Kier alpha value is -0.290. The zero-order valence-electron chi connectivity index (χ0n) is 12.6. The van der Waals surface area contributed by atoms with Crippen molar-refractivity contribution in [3.63, 3.8) is 0 Å². The molecule has 0 saturated carbocycles. The van der Waals surface area contributed by atoms with E-state index in [4.69, 9.17) is 4.74 Å². The van der Waals surface area contributed by atoms with Gasteiger partial charge in [-0.2, -0.15) is 0 Å². The normalized spacial score (nSPS) is 11.3. The van der Waals surface area contributed by atoms with Crippen molar-refractivity contribution in [3.8, 4) is 5.75 Å². The summed E-state index contributed by atoms with van der Waals surface area (Å²) in [5.74, 6) is 1.56. The molecule has 0 radical (unpaired) electrons. The zero-order valence-corrected chi connectivity index (χ0v) is 14.7. The number of nitrogens with zero attached hydrogens (tertiary/aromatic N) is 1. The first-order valence-corrected chi connectivity index (χ1v) is 8.62. The number of ether oxygens (including phenoxy) is 1. The topological polar surface area (TPSA) is 12.5 Å². The van der Waals surface area contributed by atoms with Gasteiger partial charge >= 0.3 is 0 Å². The lowest BCUT2D eigenvalue weighted by molar-refractivity contribution is 0.223. The summed E-state index contributed by atoms with van der Waals surface area (Å²) < 4.78 is 7.19. The van der Waals surface area contributed by atoms with Crippen LogP contribution in [0.2, 0.25) is 0 Å². The standard InChI is InChI=1S/C16H26INO/c1-5-18(9-8-17)10-11-19-16-12-14(4)6-7-15(16)13(2)3/h6-7,12-13H,5,8-11H2,1-4H3. The Balaban J connectivity index is 2.59. The minimum Gasteiger partial charge on any atom is -0.492 e. The number of hydrogen-bond donors (Lipinski definition) is 0. The van der Waals surface area contributed by atoms with E-state index in [1.807, 2.05) is 0 Å². The van der Waals surface area contributed by atoms with Crippen LogP contribution in [0, 0.1) is 6.92 Å². The Morgan fingerprint density at radius 1 is 1.26 bits per heavy atom. The van der Waals surface area contributed by atoms with Crippen LogP contribution in [0.5, 0.6) is 5.75 Å². The van der Waals surface area contributed by atoms with Crippen molar-refractivity contribution < 1.29 is 4.74 Å². The molecule has 0 aliphatic rings. The molecule has 108 valence electrons. The Morgan fingerprint density at radius 3 is 2.58 bits per heavy atom. The molecular formula is C16H26INO. The van der Waals surface area contributed by atoms with Crippen molar-refractivity contribution in [2.24, 2.45) is 0 Å². The Labute approximate surface area is 131 Å². The molecule has 19 heavy (non-hydrogen) atoms. The van der Waals surface area contributed by atoms with Gasteiger partial charge in [0.25, 0.3) is 0 Å². The summed E-state index contributed by atoms with van der Waals surface area (Å²) in [4.78, 5) is 2.43. The third-order valence-corrected chi connectivity index (χ3v) is 3.79. The number of benzene rings is 1. The van der Waals surface area contributed by atoms with Crippen LogP contribution in [-0.2, 0) is 0 Å². The molecule has 0 atom stereocenters. The maximum absolute atomic E-state index is 6.01. The molecule has 1 aromatic carbocycles. The summed E-state index contributed by atoms with van der Waals surface area (Å²) in [5.41, 5.74) is 2.57. The fraction of sp³-hybridized carbons (Fsp3) is 0.625. The summed E-state index contributed by atoms with van der Waals surface area (Å²) in [5, 5.41) is 0. The molecular weight excluding hydrogens is 349 g/mol. The van der Waals surface area contributed by atoms with E-state index in [2.05, 4.69) is 73.4 Å². The molecule has 0 aliphatic carbocycles. The molecule has 0 heterocycles. The average molecular weight is 375 g/mol. The predicted octanol–water partition coefficient (Wildman–Crippen LogP) is 4.25. The van der Waals surface area contributed by atoms with Gasteiger partial charge in [-0.3, -0.25) is 4.90 Å². The van der Waals surface area contributed by atoms with Gasteiger partial charge in [0.2, 0.25) is 0 Å². The van der Waals surface area contributed by atoms with E-state index in [1.54, 1.807) is 0 Å². The first-order valence-electron chi connectivity index (χ1n) is 7.10. The number of halogens is 1. The van der Waals surface area contributed by atoms with Gasteiger partial charge in [0.1, 0.15) is 12.4 Å². The summed E-state index contributed by atoms with van der Waals surface area (Å²) in [6.07, 6.45) is 0. The highest BCUT2D eigenvalue weighted by Gasteiger charge is 2.08. The van der Waals surface area contributed by atoms with Gasteiger partial charge < -0.3 is 4.74 Å². The van der Waals surface area contributed by atoms with Gasteiger partial charge in [-0.1, -0.05) is 55.5 Å². The minimum absolute atomic E-state index is 0.507. The molecule has 0 aliphatic heterocycles. The van der Waals surface area contributed by atoms with Crippen LogP contribution in [0.3, 0.4) is 0 Å². The maximum Gasteiger partial charge on any atom is 0.123 e. The molecule has 3 heteroatoms. The second-order valence-electron chi connectivity index (χ2n) is 5.17. The molecule has 0 unspecified atom stereocenters. The van der Waals surface area contributed by atoms with E-state index < -0.39 is 0 Å². The second kappa shape index (κ2) is 8.80. The van der Waals surface area contributed by atoms with E-state index in [1.165, 1.54) is 15.6 Å². The maximum atomic E-state index is 6.01. The Morgan fingerprint density at radius 2 is 2.00 bits per heavy atom. The second-order valence-corrected chi connectivity index (χ2v) is 6.25. The number of hydrogen-bond acceptors (Lipinski definition) is 2. The Kier molecular flexibility index (Phi) is 7.76. The van der Waals surface area contributed by atoms with Crippen LogP contribution in [0.25, 0.3) is 0 Å². The lowest BCUT2D eigenvalue weighted by Gasteiger charge is -2.20. The lowest BCUT2D eigenvalue weighted by Crippen LogP contribution is -2.30. The van der Waals surface area contributed by atoms with E-state index in [9.17, 15) is 0 Å². The van der Waals surface area contributed by atoms with Crippen LogP contribution in [-0.4, -0.2) is 35.6 Å². The summed E-state index contributed by atoms with van der Waals surface area (Å²) in [6, 6.07) is 6.51. The van der Waals surface area contributed by atoms with Crippen molar-refractivity contribution in [3.05, 3.63) is 29.3 Å². The van der Waals surface area contributed by atoms with Crippen LogP contribution in [0.15, 0.2) is 18.2 Å². The highest BCUT2D eigenvalue weighted by molar-refractivity contribution is 14.1. The van der Waals surface area contributed by atoms with Crippen molar-refractivity contribution in [1.29, 1.82) is 0 Å². The van der Waals surface area contributed by atoms with Crippen molar-refractivity contribution in [2.45, 2.75) is 33.6 Å². The molecule has 0 aromatic heterocycles. The van der Waals surface area contributed by atoms with Crippen LogP contribution >= 0.6 is 22.6 Å². The summed E-state index contributed by atoms with van der Waals surface area (Å²) >= 11 is 2.43. The number of alkyl halides is 1. The fourth-order valence-electron chi connectivity index (χ4n) is 2.08. The molecule has 0 fully saturated rings. The van der Waals surface area contributed by atoms with Crippen LogP contribution < -0.4 is 4.74 Å². The first-order chi connectivity index (χ1) is 9.08. The molecule has 0 N–H and O–H groups in total. The van der Waals surface area contributed by atoms with Crippen LogP contribution in [0.4, 0.5) is 0 Å². The van der Waals surface area contributed by atoms with Gasteiger partial charge in [0, 0.05) is 17.5 Å². The van der Waals surface area contributed by atoms with E-state index in [0.717, 1.165) is 32.0 Å². The van der Waals surface area contributed by atoms with Crippen molar-refractivity contribution >= 4 is 22.6 Å². The first kappa shape index (κ1) is 16.8. The summed E-state index contributed by atoms with van der Waals surface area (Å²) in [6.45, 7) is 12.8. The molecule has 0 saturated heterocycles. The number of rotatable bonds is 8.